The van der Waals surface area contributed by atoms with Crippen molar-refractivity contribution in [1.82, 2.24) is 4.98 Å². The first-order chi connectivity index (χ1) is 7.16. The molecule has 2 aromatic rings. The van der Waals surface area contributed by atoms with Gasteiger partial charge in [0, 0.05) is 23.7 Å². The summed E-state index contributed by atoms with van der Waals surface area (Å²) in [7, 11) is 0. The van der Waals surface area contributed by atoms with Crippen molar-refractivity contribution in [2.75, 3.05) is 0 Å². The van der Waals surface area contributed by atoms with Crippen molar-refractivity contribution in [1.29, 1.82) is 0 Å². The third-order valence-corrected chi connectivity index (χ3v) is 2.47. The Morgan fingerprint density at radius 1 is 1.33 bits per heavy atom. The smallest absolute Gasteiger partial charge is 0.163 e. The number of hydrogen-bond acceptors (Lipinski definition) is 1. The number of rotatable bonds is 3. The second-order valence-corrected chi connectivity index (χ2v) is 4.30. The molecule has 0 saturated carbocycles. The van der Waals surface area contributed by atoms with Gasteiger partial charge in [-0.2, -0.15) is 0 Å². The van der Waals surface area contributed by atoms with Crippen LogP contribution in [0.2, 0.25) is 0 Å². The number of benzene rings is 1. The first kappa shape index (κ1) is 9.97. The zero-order chi connectivity index (χ0) is 10.8. The molecule has 0 aliphatic rings. The average molecular weight is 201 g/mol. The summed E-state index contributed by atoms with van der Waals surface area (Å²) in [5.74, 6) is 0.637. The van der Waals surface area contributed by atoms with Crippen LogP contribution in [0.4, 0.5) is 0 Å². The molecule has 1 aromatic carbocycles. The molecular weight excluding hydrogens is 186 g/mol. The van der Waals surface area contributed by atoms with Crippen LogP contribution in [-0.2, 0) is 0 Å². The summed E-state index contributed by atoms with van der Waals surface area (Å²) in [5, 5.41) is 1.15. The number of carbonyl (C=O) groups excluding carboxylic acids is 1. The highest BCUT2D eigenvalue weighted by molar-refractivity contribution is 5.99. The number of nitrogens with one attached hydrogen (secondary N) is 1. The molecule has 0 unspecified atom stereocenters. The van der Waals surface area contributed by atoms with E-state index in [0.29, 0.717) is 12.3 Å². The molecule has 2 heteroatoms. The van der Waals surface area contributed by atoms with Crippen LogP contribution in [0, 0.1) is 5.92 Å². The zero-order valence-electron chi connectivity index (χ0n) is 9.08. The fraction of sp³-hybridized carbons (Fsp3) is 0.308. The molecule has 2 nitrogen and oxygen atoms in total. The van der Waals surface area contributed by atoms with Gasteiger partial charge in [-0.05, 0) is 23.4 Å². The van der Waals surface area contributed by atoms with E-state index in [2.05, 4.69) is 18.8 Å². The van der Waals surface area contributed by atoms with Crippen molar-refractivity contribution in [3.05, 3.63) is 36.0 Å². The van der Waals surface area contributed by atoms with Crippen LogP contribution in [0.25, 0.3) is 10.9 Å². The van der Waals surface area contributed by atoms with Crippen LogP contribution < -0.4 is 0 Å². The van der Waals surface area contributed by atoms with E-state index in [-0.39, 0.29) is 5.78 Å². The number of fused-ring (bicyclic) bond motifs is 1. The lowest BCUT2D eigenvalue weighted by molar-refractivity contribution is 0.0968. The number of aromatic amines is 1. The first-order valence-electron chi connectivity index (χ1n) is 5.27. The van der Waals surface area contributed by atoms with Crippen molar-refractivity contribution in [3.8, 4) is 0 Å². The molecule has 0 atom stereocenters. The Morgan fingerprint density at radius 3 is 2.87 bits per heavy atom. The van der Waals surface area contributed by atoms with Gasteiger partial charge in [-0.25, -0.2) is 0 Å². The van der Waals surface area contributed by atoms with Crippen LogP contribution in [0.1, 0.15) is 30.6 Å². The molecule has 0 radical (unpaired) electrons. The maximum Gasteiger partial charge on any atom is 0.163 e. The van der Waals surface area contributed by atoms with Crippen LogP contribution in [0.5, 0.6) is 0 Å². The van der Waals surface area contributed by atoms with E-state index in [1.165, 1.54) is 0 Å². The molecule has 0 saturated heterocycles. The normalized spacial score (nSPS) is 11.1. The van der Waals surface area contributed by atoms with Gasteiger partial charge in [-0.1, -0.05) is 26.0 Å². The Labute approximate surface area is 89.3 Å². The SMILES string of the molecule is CC(C)CC(=O)c1ccc2cc[nH]c2c1. The Kier molecular flexibility index (Phi) is 2.58. The van der Waals surface area contributed by atoms with Crippen LogP contribution in [0.15, 0.2) is 30.5 Å². The molecule has 1 N–H and O–H groups in total. The zero-order valence-corrected chi connectivity index (χ0v) is 9.08. The minimum atomic E-state index is 0.224. The second kappa shape index (κ2) is 3.89. The summed E-state index contributed by atoms with van der Waals surface area (Å²) < 4.78 is 0. The lowest BCUT2D eigenvalue weighted by Gasteiger charge is -2.03. The molecule has 0 aliphatic carbocycles. The van der Waals surface area contributed by atoms with Gasteiger partial charge in [0.2, 0.25) is 0 Å². The third kappa shape index (κ3) is 2.09. The van der Waals surface area contributed by atoms with E-state index >= 15 is 0 Å². The average Bonchev–Trinajstić information content (AvgIpc) is 2.62. The molecule has 78 valence electrons. The summed E-state index contributed by atoms with van der Waals surface area (Å²) in [6.45, 7) is 4.12. The number of hydrogen-bond donors (Lipinski definition) is 1. The third-order valence-electron chi connectivity index (χ3n) is 2.47. The minimum Gasteiger partial charge on any atom is -0.361 e. The van der Waals surface area contributed by atoms with E-state index in [9.17, 15) is 4.79 Å². The molecule has 0 bridgehead atoms. The highest BCUT2D eigenvalue weighted by atomic mass is 16.1. The fourth-order valence-electron chi connectivity index (χ4n) is 1.71. The van der Waals surface area contributed by atoms with Crippen LogP contribution in [-0.4, -0.2) is 10.8 Å². The van der Waals surface area contributed by atoms with E-state index in [4.69, 9.17) is 0 Å². The van der Waals surface area contributed by atoms with Gasteiger partial charge in [0.05, 0.1) is 0 Å². The predicted octanol–water partition coefficient (Wildman–Crippen LogP) is 3.40. The van der Waals surface area contributed by atoms with E-state index in [1.807, 2.05) is 30.5 Å². The topological polar surface area (TPSA) is 32.9 Å². The van der Waals surface area contributed by atoms with E-state index < -0.39 is 0 Å². The van der Waals surface area contributed by atoms with Gasteiger partial charge in [0.25, 0.3) is 0 Å². The van der Waals surface area contributed by atoms with Gasteiger partial charge in [-0.15, -0.1) is 0 Å². The number of H-pyrrole nitrogens is 1. The summed E-state index contributed by atoms with van der Waals surface area (Å²) in [6.07, 6.45) is 2.51. The maximum atomic E-state index is 11.8. The summed E-state index contributed by atoms with van der Waals surface area (Å²) >= 11 is 0. The van der Waals surface area contributed by atoms with Crippen molar-refractivity contribution in [3.63, 3.8) is 0 Å². The van der Waals surface area contributed by atoms with Crippen LogP contribution >= 0.6 is 0 Å². The standard InChI is InChI=1S/C13H15NO/c1-9(2)7-13(15)11-4-3-10-5-6-14-12(10)8-11/h3-6,8-9,14H,7H2,1-2H3. The van der Waals surface area contributed by atoms with E-state index in [1.54, 1.807) is 0 Å². The number of Topliss-reactive ketones (excluding diaryl/α,β-unsaturated/α-hetero) is 1. The molecular formula is C13H15NO. The van der Waals surface area contributed by atoms with Gasteiger partial charge in [-0.3, -0.25) is 4.79 Å². The highest BCUT2D eigenvalue weighted by Crippen LogP contribution is 2.16. The van der Waals surface area contributed by atoms with Crippen molar-refractivity contribution >= 4 is 16.7 Å². The van der Waals surface area contributed by atoms with Gasteiger partial charge in [0.15, 0.2) is 5.78 Å². The Bertz CT molecular complexity index is 482. The number of aromatic nitrogens is 1. The van der Waals surface area contributed by atoms with Crippen molar-refractivity contribution in [2.45, 2.75) is 20.3 Å². The lowest BCUT2D eigenvalue weighted by atomic mass is 10.0. The molecule has 15 heavy (non-hydrogen) atoms. The molecule has 1 heterocycles. The van der Waals surface area contributed by atoms with Gasteiger partial charge < -0.3 is 4.98 Å². The molecule has 0 amide bonds. The maximum absolute atomic E-state index is 11.8. The second-order valence-electron chi connectivity index (χ2n) is 4.30. The molecule has 0 aliphatic heterocycles. The molecule has 1 aromatic heterocycles. The summed E-state index contributed by atoms with van der Waals surface area (Å²) in [4.78, 5) is 14.9. The summed E-state index contributed by atoms with van der Waals surface area (Å²) in [5.41, 5.74) is 1.84. The largest absolute Gasteiger partial charge is 0.361 e. The molecule has 2 rings (SSSR count). The van der Waals surface area contributed by atoms with Gasteiger partial charge >= 0.3 is 0 Å². The fourth-order valence-corrected chi connectivity index (χ4v) is 1.71. The predicted molar refractivity (Wildman–Crippen MR) is 62.1 cm³/mol. The first-order valence-corrected chi connectivity index (χ1v) is 5.27. The highest BCUT2D eigenvalue weighted by Gasteiger charge is 2.08. The van der Waals surface area contributed by atoms with Crippen molar-refractivity contribution in [2.24, 2.45) is 5.92 Å². The number of ketones is 1. The van der Waals surface area contributed by atoms with Crippen molar-refractivity contribution < 1.29 is 4.79 Å². The van der Waals surface area contributed by atoms with E-state index in [0.717, 1.165) is 16.5 Å². The Balaban J connectivity index is 2.31. The Morgan fingerprint density at radius 2 is 2.13 bits per heavy atom. The summed E-state index contributed by atoms with van der Waals surface area (Å²) in [6, 6.07) is 7.83. The quantitative estimate of drug-likeness (QED) is 0.758. The van der Waals surface area contributed by atoms with Gasteiger partial charge in [0.1, 0.15) is 0 Å². The van der Waals surface area contributed by atoms with Crippen LogP contribution in [0.3, 0.4) is 0 Å². The monoisotopic (exact) mass is 201 g/mol. The number of carbonyl (C=O) groups is 1. The minimum absolute atomic E-state index is 0.224. The molecule has 0 fully saturated rings. The molecule has 0 spiro atoms. The Hall–Kier alpha value is -1.57. The lowest BCUT2D eigenvalue weighted by Crippen LogP contribution is -2.03.